The predicted octanol–water partition coefficient (Wildman–Crippen LogP) is 3.97. The molecule has 1 aromatic carbocycles. The number of aromatic nitrogens is 1. The van der Waals surface area contributed by atoms with Gasteiger partial charge in [0.05, 0.1) is 23.9 Å². The molecule has 0 unspecified atom stereocenters. The fraction of sp³-hybridized carbons (Fsp3) is 0.474. The summed E-state index contributed by atoms with van der Waals surface area (Å²) >= 11 is 5.16. The smallest absolute Gasteiger partial charge is 0.254 e. The van der Waals surface area contributed by atoms with E-state index in [4.69, 9.17) is 9.47 Å². The maximum absolute atomic E-state index is 13.1. The first-order valence-electron chi connectivity index (χ1n) is 9.00. The number of hydrogen-bond donors (Lipinski definition) is 0. The Kier molecular flexibility index (Phi) is 6.59. The van der Waals surface area contributed by atoms with E-state index in [1.165, 1.54) is 0 Å². The van der Waals surface area contributed by atoms with Crippen LogP contribution in [0.3, 0.4) is 0 Å². The van der Waals surface area contributed by atoms with Crippen LogP contribution in [0.15, 0.2) is 22.0 Å². The minimum Gasteiger partial charge on any atom is -0.493 e. The number of methoxy groups -OCH3 is 1. The summed E-state index contributed by atoms with van der Waals surface area (Å²) < 4.78 is 11.8. The quantitative estimate of drug-likeness (QED) is 0.685. The molecule has 1 aromatic heterocycles. The largest absolute Gasteiger partial charge is 0.493 e. The standard InChI is InChI=1S/C19H24BrN3O3S/c1-4-26-17-15(20)10-14(11-16(17)25-3)18(24)22-6-5-7-23(9-8-22)19-21-13(2)12-27-19/h10-12H,4-9H2,1-3H3. The van der Waals surface area contributed by atoms with Crippen LogP contribution in [0.5, 0.6) is 11.5 Å². The van der Waals surface area contributed by atoms with Crippen LogP contribution in [0.1, 0.15) is 29.4 Å². The third kappa shape index (κ3) is 4.55. The van der Waals surface area contributed by atoms with Crippen molar-refractivity contribution in [2.45, 2.75) is 20.3 Å². The van der Waals surface area contributed by atoms with Gasteiger partial charge in [-0.15, -0.1) is 11.3 Å². The zero-order valence-corrected chi connectivity index (χ0v) is 18.2. The van der Waals surface area contributed by atoms with E-state index in [-0.39, 0.29) is 5.91 Å². The van der Waals surface area contributed by atoms with Gasteiger partial charge in [-0.1, -0.05) is 0 Å². The van der Waals surface area contributed by atoms with Crippen molar-refractivity contribution in [2.75, 3.05) is 44.8 Å². The van der Waals surface area contributed by atoms with Crippen molar-refractivity contribution in [3.05, 3.63) is 33.2 Å². The van der Waals surface area contributed by atoms with Crippen molar-refractivity contribution >= 4 is 38.3 Å². The van der Waals surface area contributed by atoms with Gasteiger partial charge in [-0.3, -0.25) is 4.79 Å². The highest BCUT2D eigenvalue weighted by Gasteiger charge is 2.23. The first kappa shape index (κ1) is 19.9. The van der Waals surface area contributed by atoms with Crippen molar-refractivity contribution in [1.29, 1.82) is 0 Å². The van der Waals surface area contributed by atoms with Crippen LogP contribution in [0, 0.1) is 6.92 Å². The molecule has 0 spiro atoms. The Morgan fingerprint density at radius 2 is 2.11 bits per heavy atom. The van der Waals surface area contributed by atoms with Crippen LogP contribution in [-0.4, -0.2) is 55.7 Å². The summed E-state index contributed by atoms with van der Waals surface area (Å²) in [5.74, 6) is 1.19. The number of anilines is 1. The lowest BCUT2D eigenvalue weighted by Gasteiger charge is -2.22. The molecule has 2 aromatic rings. The monoisotopic (exact) mass is 453 g/mol. The number of nitrogens with zero attached hydrogens (tertiary/aromatic N) is 3. The number of carbonyl (C=O) groups is 1. The lowest BCUT2D eigenvalue weighted by molar-refractivity contribution is 0.0766. The van der Waals surface area contributed by atoms with Gasteiger partial charge >= 0.3 is 0 Å². The lowest BCUT2D eigenvalue weighted by Crippen LogP contribution is -2.35. The number of ether oxygens (including phenoxy) is 2. The summed E-state index contributed by atoms with van der Waals surface area (Å²) in [6, 6.07) is 3.56. The molecule has 0 radical (unpaired) electrons. The molecule has 0 bridgehead atoms. The van der Waals surface area contributed by atoms with E-state index in [2.05, 4.69) is 31.2 Å². The van der Waals surface area contributed by atoms with Gasteiger partial charge in [-0.2, -0.15) is 0 Å². The van der Waals surface area contributed by atoms with Crippen molar-refractivity contribution in [3.63, 3.8) is 0 Å². The van der Waals surface area contributed by atoms with E-state index in [0.29, 0.717) is 30.2 Å². The molecule has 3 rings (SSSR count). The van der Waals surface area contributed by atoms with Crippen LogP contribution in [0.4, 0.5) is 5.13 Å². The lowest BCUT2D eigenvalue weighted by atomic mass is 10.1. The highest BCUT2D eigenvalue weighted by atomic mass is 79.9. The Morgan fingerprint density at radius 3 is 2.78 bits per heavy atom. The molecule has 1 saturated heterocycles. The molecule has 0 N–H and O–H groups in total. The molecule has 2 heterocycles. The Hall–Kier alpha value is -1.80. The Labute approximate surface area is 172 Å². The summed E-state index contributed by atoms with van der Waals surface area (Å²) in [5.41, 5.74) is 1.64. The van der Waals surface area contributed by atoms with E-state index in [1.54, 1.807) is 24.5 Å². The predicted molar refractivity (Wildman–Crippen MR) is 111 cm³/mol. The van der Waals surface area contributed by atoms with Crippen molar-refractivity contribution < 1.29 is 14.3 Å². The van der Waals surface area contributed by atoms with Gasteiger partial charge in [0.1, 0.15) is 0 Å². The molecule has 1 amide bonds. The van der Waals surface area contributed by atoms with Gasteiger partial charge in [-0.25, -0.2) is 4.98 Å². The Morgan fingerprint density at radius 1 is 1.30 bits per heavy atom. The number of benzene rings is 1. The Bertz CT molecular complexity index is 811. The van der Waals surface area contributed by atoms with Crippen molar-refractivity contribution in [2.24, 2.45) is 0 Å². The normalized spacial score (nSPS) is 14.8. The number of hydrogen-bond acceptors (Lipinski definition) is 6. The second-order valence-electron chi connectivity index (χ2n) is 6.33. The molecule has 0 saturated carbocycles. The molecule has 27 heavy (non-hydrogen) atoms. The molecule has 146 valence electrons. The van der Waals surface area contributed by atoms with Gasteiger partial charge in [-0.05, 0) is 48.3 Å². The summed E-state index contributed by atoms with van der Waals surface area (Å²) in [5, 5.41) is 3.10. The van der Waals surface area contributed by atoms with Crippen LogP contribution >= 0.6 is 27.3 Å². The van der Waals surface area contributed by atoms with Crippen LogP contribution < -0.4 is 14.4 Å². The van der Waals surface area contributed by atoms with E-state index in [9.17, 15) is 4.79 Å². The molecule has 8 heteroatoms. The van der Waals surface area contributed by atoms with Crippen molar-refractivity contribution in [1.82, 2.24) is 9.88 Å². The van der Waals surface area contributed by atoms with E-state index in [1.807, 2.05) is 24.8 Å². The molecule has 0 aliphatic carbocycles. The van der Waals surface area contributed by atoms with E-state index < -0.39 is 0 Å². The van der Waals surface area contributed by atoms with E-state index in [0.717, 1.165) is 41.4 Å². The summed E-state index contributed by atoms with van der Waals surface area (Å²) in [6.07, 6.45) is 0.916. The molecule has 1 fully saturated rings. The van der Waals surface area contributed by atoms with Crippen LogP contribution in [-0.2, 0) is 0 Å². The zero-order valence-electron chi connectivity index (χ0n) is 15.8. The average Bonchev–Trinajstić information content (AvgIpc) is 2.95. The first-order chi connectivity index (χ1) is 13.0. The minimum atomic E-state index is 0.00854. The minimum absolute atomic E-state index is 0.00854. The summed E-state index contributed by atoms with van der Waals surface area (Å²) in [4.78, 5) is 21.8. The molecule has 1 aliphatic heterocycles. The third-order valence-corrected chi connectivity index (χ3v) is 6.03. The second-order valence-corrected chi connectivity index (χ2v) is 8.02. The summed E-state index contributed by atoms with van der Waals surface area (Å²) in [6.45, 7) is 7.54. The summed E-state index contributed by atoms with van der Waals surface area (Å²) in [7, 11) is 1.58. The highest BCUT2D eigenvalue weighted by Crippen LogP contribution is 2.37. The van der Waals surface area contributed by atoms with Crippen LogP contribution in [0.2, 0.25) is 0 Å². The SMILES string of the molecule is CCOc1c(Br)cc(C(=O)N2CCCN(c3nc(C)cs3)CC2)cc1OC. The topological polar surface area (TPSA) is 54.9 Å². The first-order valence-corrected chi connectivity index (χ1v) is 10.7. The van der Waals surface area contributed by atoms with Gasteiger partial charge in [0.15, 0.2) is 16.6 Å². The maximum atomic E-state index is 13.1. The van der Waals surface area contributed by atoms with Gasteiger partial charge in [0.2, 0.25) is 0 Å². The number of amides is 1. The van der Waals surface area contributed by atoms with Gasteiger partial charge < -0.3 is 19.3 Å². The third-order valence-electron chi connectivity index (χ3n) is 4.43. The molecular formula is C19H24BrN3O3S. The van der Waals surface area contributed by atoms with Crippen LogP contribution in [0.25, 0.3) is 0 Å². The molecule has 6 nitrogen and oxygen atoms in total. The fourth-order valence-corrected chi connectivity index (χ4v) is 4.52. The van der Waals surface area contributed by atoms with Gasteiger partial charge in [0.25, 0.3) is 5.91 Å². The zero-order chi connectivity index (χ0) is 19.4. The number of rotatable bonds is 5. The Balaban J connectivity index is 1.75. The van der Waals surface area contributed by atoms with Crippen molar-refractivity contribution in [3.8, 4) is 11.5 Å². The molecular weight excluding hydrogens is 430 g/mol. The molecule has 0 atom stereocenters. The number of thiazole rings is 1. The molecule has 1 aliphatic rings. The number of carbonyl (C=O) groups excluding carboxylic acids is 1. The number of aryl methyl sites for hydroxylation is 1. The van der Waals surface area contributed by atoms with E-state index >= 15 is 0 Å². The highest BCUT2D eigenvalue weighted by molar-refractivity contribution is 9.10. The fourth-order valence-electron chi connectivity index (χ4n) is 3.11. The maximum Gasteiger partial charge on any atom is 0.254 e. The van der Waals surface area contributed by atoms with Gasteiger partial charge in [0, 0.05) is 37.1 Å². The second kappa shape index (κ2) is 8.93. The number of halogens is 1. The average molecular weight is 454 g/mol.